The van der Waals surface area contributed by atoms with Crippen LogP contribution in [0.15, 0.2) is 48.8 Å². The molecule has 2 heterocycles. The summed E-state index contributed by atoms with van der Waals surface area (Å²) in [7, 11) is 1.73. The fourth-order valence-electron chi connectivity index (χ4n) is 3.31. The average molecular weight is 465 g/mol. The normalized spacial score (nSPS) is 10.6. The summed E-state index contributed by atoms with van der Waals surface area (Å²) in [6, 6.07) is 11.7. The van der Waals surface area contributed by atoms with Gasteiger partial charge in [-0.1, -0.05) is 17.7 Å². The van der Waals surface area contributed by atoms with Gasteiger partial charge >= 0.3 is 0 Å². The fourth-order valence-corrected chi connectivity index (χ4v) is 3.31. The lowest BCUT2D eigenvalue weighted by atomic mass is 10.2. The lowest BCUT2D eigenvalue weighted by Crippen LogP contribution is -2.33. The van der Waals surface area contributed by atoms with Crippen molar-refractivity contribution in [2.75, 3.05) is 37.4 Å². The fraction of sp³-hybridized carbons (Fsp3) is 0.360. The third-order valence-electron chi connectivity index (χ3n) is 5.12. The SMILES string of the molecule is Cc1ccc(OCCN(C)C(=O)Cn2cc(NC(=O)CCNc3cc(C)nc(C)c3)cn2)cc1. The molecule has 9 nitrogen and oxygen atoms in total. The Morgan fingerprint density at radius 3 is 2.47 bits per heavy atom. The number of carbonyl (C=O) groups is 2. The first-order valence-corrected chi connectivity index (χ1v) is 11.2. The Bertz CT molecular complexity index is 1090. The molecule has 0 fully saturated rings. The highest BCUT2D eigenvalue weighted by molar-refractivity contribution is 5.90. The number of anilines is 2. The molecule has 0 aliphatic rings. The molecule has 0 spiro atoms. The minimum Gasteiger partial charge on any atom is -0.492 e. The van der Waals surface area contributed by atoms with Crippen molar-refractivity contribution >= 4 is 23.2 Å². The minimum atomic E-state index is -0.133. The first-order valence-electron chi connectivity index (χ1n) is 11.2. The molecule has 0 bridgehead atoms. The molecular weight excluding hydrogens is 432 g/mol. The Hall–Kier alpha value is -3.88. The van der Waals surface area contributed by atoms with Crippen LogP contribution in [0.2, 0.25) is 0 Å². The second-order valence-corrected chi connectivity index (χ2v) is 8.27. The van der Waals surface area contributed by atoms with Gasteiger partial charge in [0.05, 0.1) is 18.4 Å². The summed E-state index contributed by atoms with van der Waals surface area (Å²) >= 11 is 0. The van der Waals surface area contributed by atoms with E-state index >= 15 is 0 Å². The summed E-state index contributed by atoms with van der Waals surface area (Å²) in [5, 5.41) is 10.2. The van der Waals surface area contributed by atoms with Crippen LogP contribution in [-0.4, -0.2) is 58.2 Å². The molecule has 2 aromatic heterocycles. The predicted octanol–water partition coefficient (Wildman–Crippen LogP) is 3.18. The zero-order valence-corrected chi connectivity index (χ0v) is 20.2. The minimum absolute atomic E-state index is 0.0825. The molecule has 0 saturated carbocycles. The smallest absolute Gasteiger partial charge is 0.244 e. The van der Waals surface area contributed by atoms with Gasteiger partial charge in [-0.3, -0.25) is 19.3 Å². The Balaban J connectivity index is 1.37. The van der Waals surface area contributed by atoms with Crippen LogP contribution in [-0.2, 0) is 16.1 Å². The molecule has 3 rings (SSSR count). The third kappa shape index (κ3) is 7.91. The number of nitrogens with zero attached hydrogens (tertiary/aromatic N) is 4. The number of rotatable bonds is 11. The van der Waals surface area contributed by atoms with Gasteiger partial charge in [-0.05, 0) is 45.0 Å². The number of pyridine rings is 1. The number of aromatic nitrogens is 3. The van der Waals surface area contributed by atoms with Gasteiger partial charge in [-0.2, -0.15) is 5.10 Å². The topological polar surface area (TPSA) is 101 Å². The summed E-state index contributed by atoms with van der Waals surface area (Å²) in [6.45, 7) is 7.33. The Morgan fingerprint density at radius 1 is 1.06 bits per heavy atom. The van der Waals surface area contributed by atoms with Crippen molar-refractivity contribution in [3.63, 3.8) is 0 Å². The number of nitrogens with one attached hydrogen (secondary N) is 2. The maximum atomic E-state index is 12.5. The van der Waals surface area contributed by atoms with E-state index in [1.54, 1.807) is 18.1 Å². The van der Waals surface area contributed by atoms with Gasteiger partial charge in [0, 0.05) is 43.3 Å². The standard InChI is InChI=1S/C25H32N6O3/c1-18-5-7-23(8-6-18)34-12-11-30(4)25(33)17-31-16-22(15-27-31)29-24(32)9-10-26-21-13-19(2)28-20(3)14-21/h5-8,13-16H,9-12,17H2,1-4H3,(H,26,28)(H,29,32). The van der Waals surface area contributed by atoms with Crippen molar-refractivity contribution in [2.24, 2.45) is 0 Å². The molecule has 2 amide bonds. The second-order valence-electron chi connectivity index (χ2n) is 8.27. The van der Waals surface area contributed by atoms with Crippen LogP contribution >= 0.6 is 0 Å². The van der Waals surface area contributed by atoms with Crippen molar-refractivity contribution in [2.45, 2.75) is 33.7 Å². The van der Waals surface area contributed by atoms with E-state index in [4.69, 9.17) is 4.74 Å². The Morgan fingerprint density at radius 2 is 1.76 bits per heavy atom. The first-order chi connectivity index (χ1) is 16.3. The molecule has 0 atom stereocenters. The van der Waals surface area contributed by atoms with Crippen molar-refractivity contribution in [1.82, 2.24) is 19.7 Å². The molecule has 1 aromatic carbocycles. The number of hydrogen-bond acceptors (Lipinski definition) is 6. The largest absolute Gasteiger partial charge is 0.492 e. The van der Waals surface area contributed by atoms with Crippen LogP contribution < -0.4 is 15.4 Å². The lowest BCUT2D eigenvalue weighted by molar-refractivity contribution is -0.131. The maximum Gasteiger partial charge on any atom is 0.244 e. The van der Waals surface area contributed by atoms with Crippen molar-refractivity contribution in [3.8, 4) is 5.75 Å². The van der Waals surface area contributed by atoms with Crippen molar-refractivity contribution in [1.29, 1.82) is 0 Å². The van der Waals surface area contributed by atoms with Crippen LogP contribution in [0, 0.1) is 20.8 Å². The first kappa shape index (κ1) is 24.8. The molecule has 9 heteroatoms. The van der Waals surface area contributed by atoms with E-state index in [0.717, 1.165) is 22.8 Å². The molecule has 0 aliphatic heterocycles. The molecule has 2 N–H and O–H groups in total. The Kier molecular flexibility index (Phi) is 8.61. The van der Waals surface area contributed by atoms with Gasteiger partial charge in [0.2, 0.25) is 11.8 Å². The molecule has 3 aromatic rings. The number of hydrogen-bond donors (Lipinski definition) is 2. The summed E-state index contributed by atoms with van der Waals surface area (Å²) in [5.41, 5.74) is 4.52. The predicted molar refractivity (Wildman–Crippen MR) is 132 cm³/mol. The third-order valence-corrected chi connectivity index (χ3v) is 5.12. The van der Waals surface area contributed by atoms with Gasteiger partial charge in [-0.15, -0.1) is 0 Å². The van der Waals surface area contributed by atoms with Gasteiger partial charge < -0.3 is 20.3 Å². The highest BCUT2D eigenvalue weighted by Gasteiger charge is 2.12. The molecule has 34 heavy (non-hydrogen) atoms. The summed E-state index contributed by atoms with van der Waals surface area (Å²) in [4.78, 5) is 30.6. The van der Waals surface area contributed by atoms with Crippen LogP contribution in [0.1, 0.15) is 23.4 Å². The van der Waals surface area contributed by atoms with Crippen LogP contribution in [0.4, 0.5) is 11.4 Å². The van der Waals surface area contributed by atoms with Crippen LogP contribution in [0.3, 0.4) is 0 Å². The molecule has 180 valence electrons. The highest BCUT2D eigenvalue weighted by Crippen LogP contribution is 2.12. The lowest BCUT2D eigenvalue weighted by Gasteiger charge is -2.17. The van der Waals surface area contributed by atoms with E-state index in [9.17, 15) is 9.59 Å². The van der Waals surface area contributed by atoms with Crippen molar-refractivity contribution < 1.29 is 14.3 Å². The van der Waals surface area contributed by atoms with Crippen LogP contribution in [0.5, 0.6) is 5.75 Å². The molecule has 0 unspecified atom stereocenters. The number of likely N-dealkylation sites (N-methyl/N-ethyl adjacent to an activating group) is 1. The van der Waals surface area contributed by atoms with E-state index < -0.39 is 0 Å². The second kappa shape index (κ2) is 11.8. The van der Waals surface area contributed by atoms with Gasteiger partial charge in [0.1, 0.15) is 18.9 Å². The number of ether oxygens (including phenoxy) is 1. The quantitative estimate of drug-likeness (QED) is 0.452. The maximum absolute atomic E-state index is 12.5. The zero-order valence-electron chi connectivity index (χ0n) is 20.2. The number of benzene rings is 1. The molecule has 0 radical (unpaired) electrons. The summed E-state index contributed by atoms with van der Waals surface area (Å²) < 4.78 is 7.19. The zero-order chi connectivity index (χ0) is 24.5. The van der Waals surface area contributed by atoms with Gasteiger partial charge in [0.25, 0.3) is 0 Å². The summed E-state index contributed by atoms with van der Waals surface area (Å²) in [6.07, 6.45) is 3.48. The van der Waals surface area contributed by atoms with E-state index in [-0.39, 0.29) is 18.4 Å². The monoisotopic (exact) mass is 464 g/mol. The van der Waals surface area contributed by atoms with E-state index in [0.29, 0.717) is 31.8 Å². The van der Waals surface area contributed by atoms with E-state index in [1.165, 1.54) is 16.4 Å². The number of carbonyl (C=O) groups excluding carboxylic acids is 2. The van der Waals surface area contributed by atoms with E-state index in [2.05, 4.69) is 20.7 Å². The Labute approximate surface area is 200 Å². The highest BCUT2D eigenvalue weighted by atomic mass is 16.5. The number of aryl methyl sites for hydroxylation is 3. The average Bonchev–Trinajstić information content (AvgIpc) is 3.20. The van der Waals surface area contributed by atoms with Gasteiger partial charge in [0.15, 0.2) is 0 Å². The van der Waals surface area contributed by atoms with Crippen molar-refractivity contribution in [3.05, 3.63) is 65.7 Å². The molecule has 0 aliphatic carbocycles. The van der Waals surface area contributed by atoms with Crippen LogP contribution in [0.25, 0.3) is 0 Å². The van der Waals surface area contributed by atoms with E-state index in [1.807, 2.05) is 57.2 Å². The number of amides is 2. The molecular formula is C25H32N6O3. The molecule has 0 saturated heterocycles. The van der Waals surface area contributed by atoms with Gasteiger partial charge in [-0.25, -0.2) is 0 Å². The summed E-state index contributed by atoms with van der Waals surface area (Å²) in [5.74, 6) is 0.548.